The van der Waals surface area contributed by atoms with Crippen LogP contribution in [-0.4, -0.2) is 22.5 Å². The summed E-state index contributed by atoms with van der Waals surface area (Å²) >= 11 is 0. The van der Waals surface area contributed by atoms with Crippen LogP contribution in [0.3, 0.4) is 0 Å². The molecule has 15 heavy (non-hydrogen) atoms. The van der Waals surface area contributed by atoms with E-state index >= 15 is 0 Å². The molecule has 3 N–H and O–H groups in total. The lowest BCUT2D eigenvalue weighted by molar-refractivity contribution is 0.222. The molecule has 0 bridgehead atoms. The summed E-state index contributed by atoms with van der Waals surface area (Å²) in [5.74, 6) is 6.03. The molecule has 4 heteroatoms. The molecule has 1 aromatic rings. The van der Waals surface area contributed by atoms with Crippen molar-refractivity contribution in [3.8, 4) is 0 Å². The van der Waals surface area contributed by atoms with Gasteiger partial charge in [0.05, 0.1) is 5.69 Å². The van der Waals surface area contributed by atoms with Gasteiger partial charge < -0.3 is 5.43 Å². The highest BCUT2D eigenvalue weighted by Gasteiger charge is 2.08. The SMILES string of the molecule is CCN(Cc1cccc(NN)n1)C(C)C. The van der Waals surface area contributed by atoms with Crippen LogP contribution in [0.15, 0.2) is 18.2 Å². The minimum atomic E-state index is 0.534. The van der Waals surface area contributed by atoms with Gasteiger partial charge in [-0.3, -0.25) is 4.90 Å². The normalized spacial score (nSPS) is 11.1. The Balaban J connectivity index is 2.70. The predicted molar refractivity (Wildman–Crippen MR) is 63.3 cm³/mol. The summed E-state index contributed by atoms with van der Waals surface area (Å²) in [4.78, 5) is 6.73. The summed E-state index contributed by atoms with van der Waals surface area (Å²) < 4.78 is 0. The van der Waals surface area contributed by atoms with E-state index in [9.17, 15) is 0 Å². The first-order valence-corrected chi connectivity index (χ1v) is 5.34. The third-order valence-electron chi connectivity index (χ3n) is 2.46. The first-order chi connectivity index (χ1) is 7.17. The number of nitrogens with one attached hydrogen (secondary N) is 1. The monoisotopic (exact) mass is 208 g/mol. The standard InChI is InChI=1S/C11H20N4/c1-4-15(9(2)3)8-10-6-5-7-11(13-10)14-12/h5-7,9H,4,8,12H2,1-3H3,(H,13,14). The summed E-state index contributed by atoms with van der Waals surface area (Å²) in [6.45, 7) is 8.43. The van der Waals surface area contributed by atoms with Crippen LogP contribution in [0, 0.1) is 0 Å². The smallest absolute Gasteiger partial charge is 0.140 e. The highest BCUT2D eigenvalue weighted by atomic mass is 15.3. The Morgan fingerprint density at radius 2 is 2.20 bits per heavy atom. The molecule has 1 heterocycles. The molecule has 0 aromatic carbocycles. The topological polar surface area (TPSA) is 54.2 Å². The minimum Gasteiger partial charge on any atom is -0.308 e. The lowest BCUT2D eigenvalue weighted by atomic mass is 10.2. The molecular weight excluding hydrogens is 188 g/mol. The fraction of sp³-hybridized carbons (Fsp3) is 0.545. The average molecular weight is 208 g/mol. The zero-order valence-corrected chi connectivity index (χ0v) is 9.70. The fourth-order valence-corrected chi connectivity index (χ4v) is 1.52. The van der Waals surface area contributed by atoms with Gasteiger partial charge in [-0.25, -0.2) is 10.8 Å². The van der Waals surface area contributed by atoms with Crippen molar-refractivity contribution < 1.29 is 0 Å². The number of hydrogen-bond donors (Lipinski definition) is 2. The molecule has 4 nitrogen and oxygen atoms in total. The van der Waals surface area contributed by atoms with E-state index in [0.717, 1.165) is 18.8 Å². The van der Waals surface area contributed by atoms with Crippen LogP contribution in [0.4, 0.5) is 5.82 Å². The van der Waals surface area contributed by atoms with Crippen LogP contribution >= 0.6 is 0 Å². The molecule has 0 radical (unpaired) electrons. The van der Waals surface area contributed by atoms with Crippen molar-refractivity contribution in [3.05, 3.63) is 23.9 Å². The maximum Gasteiger partial charge on any atom is 0.140 e. The third kappa shape index (κ3) is 3.49. The first kappa shape index (κ1) is 11.9. The van der Waals surface area contributed by atoms with Crippen molar-refractivity contribution >= 4 is 5.82 Å². The lowest BCUT2D eigenvalue weighted by Gasteiger charge is -2.24. The van der Waals surface area contributed by atoms with Crippen LogP contribution in [0.5, 0.6) is 0 Å². The first-order valence-electron chi connectivity index (χ1n) is 5.34. The van der Waals surface area contributed by atoms with Crippen molar-refractivity contribution in [2.75, 3.05) is 12.0 Å². The second-order valence-corrected chi connectivity index (χ2v) is 3.82. The van der Waals surface area contributed by atoms with Crippen LogP contribution in [0.25, 0.3) is 0 Å². The zero-order valence-electron chi connectivity index (χ0n) is 9.70. The highest BCUT2D eigenvalue weighted by molar-refractivity contribution is 5.33. The molecule has 0 saturated heterocycles. The van der Waals surface area contributed by atoms with E-state index in [2.05, 4.69) is 36.1 Å². The number of aromatic nitrogens is 1. The maximum absolute atomic E-state index is 5.32. The molecule has 0 aliphatic rings. The van der Waals surface area contributed by atoms with Gasteiger partial charge >= 0.3 is 0 Å². The molecule has 1 rings (SSSR count). The predicted octanol–water partition coefficient (Wildman–Crippen LogP) is 1.60. The van der Waals surface area contributed by atoms with Gasteiger partial charge in [0.2, 0.25) is 0 Å². The van der Waals surface area contributed by atoms with Crippen LogP contribution in [-0.2, 0) is 6.54 Å². The minimum absolute atomic E-state index is 0.534. The molecule has 0 fully saturated rings. The van der Waals surface area contributed by atoms with E-state index < -0.39 is 0 Å². The van der Waals surface area contributed by atoms with E-state index in [1.165, 1.54) is 0 Å². The van der Waals surface area contributed by atoms with Crippen LogP contribution in [0.1, 0.15) is 26.5 Å². The van der Waals surface area contributed by atoms with Crippen LogP contribution < -0.4 is 11.3 Å². The fourth-order valence-electron chi connectivity index (χ4n) is 1.52. The van der Waals surface area contributed by atoms with Gasteiger partial charge in [-0.05, 0) is 32.5 Å². The number of anilines is 1. The highest BCUT2D eigenvalue weighted by Crippen LogP contribution is 2.08. The van der Waals surface area contributed by atoms with E-state index in [4.69, 9.17) is 5.84 Å². The Bertz CT molecular complexity index is 298. The Morgan fingerprint density at radius 3 is 2.73 bits per heavy atom. The number of nitrogens with two attached hydrogens (primary N) is 1. The van der Waals surface area contributed by atoms with Gasteiger partial charge in [0.15, 0.2) is 0 Å². The van der Waals surface area contributed by atoms with Gasteiger partial charge in [-0.1, -0.05) is 13.0 Å². The number of nitrogens with zero attached hydrogens (tertiary/aromatic N) is 2. The molecule has 0 saturated carbocycles. The van der Waals surface area contributed by atoms with Crippen molar-refractivity contribution in [1.82, 2.24) is 9.88 Å². The number of hydrazine groups is 1. The maximum atomic E-state index is 5.32. The van der Waals surface area contributed by atoms with E-state index in [-0.39, 0.29) is 0 Å². The summed E-state index contributed by atoms with van der Waals surface area (Å²) in [6, 6.07) is 6.37. The Hall–Kier alpha value is -1.13. The second-order valence-electron chi connectivity index (χ2n) is 3.82. The molecule has 0 amide bonds. The van der Waals surface area contributed by atoms with Crippen molar-refractivity contribution in [2.24, 2.45) is 5.84 Å². The molecule has 1 aromatic heterocycles. The van der Waals surface area contributed by atoms with Gasteiger partial charge in [0.25, 0.3) is 0 Å². The quantitative estimate of drug-likeness (QED) is 0.570. The number of nitrogen functional groups attached to an aromatic ring is 1. The summed E-state index contributed by atoms with van der Waals surface area (Å²) in [5, 5.41) is 0. The molecule has 0 aliphatic heterocycles. The van der Waals surface area contributed by atoms with Gasteiger partial charge in [-0.2, -0.15) is 0 Å². The zero-order chi connectivity index (χ0) is 11.3. The number of pyridine rings is 1. The Morgan fingerprint density at radius 1 is 1.47 bits per heavy atom. The molecule has 0 atom stereocenters. The van der Waals surface area contributed by atoms with Gasteiger partial charge in [0.1, 0.15) is 5.82 Å². The molecular formula is C11H20N4. The average Bonchev–Trinajstić information content (AvgIpc) is 2.25. The van der Waals surface area contributed by atoms with E-state index in [1.807, 2.05) is 18.2 Å². The van der Waals surface area contributed by atoms with E-state index in [0.29, 0.717) is 11.9 Å². The van der Waals surface area contributed by atoms with E-state index in [1.54, 1.807) is 0 Å². The summed E-state index contributed by atoms with van der Waals surface area (Å²) in [6.07, 6.45) is 0. The summed E-state index contributed by atoms with van der Waals surface area (Å²) in [5.41, 5.74) is 3.60. The summed E-state index contributed by atoms with van der Waals surface area (Å²) in [7, 11) is 0. The second kappa shape index (κ2) is 5.68. The molecule has 0 spiro atoms. The van der Waals surface area contributed by atoms with Crippen molar-refractivity contribution in [3.63, 3.8) is 0 Å². The third-order valence-corrected chi connectivity index (χ3v) is 2.46. The van der Waals surface area contributed by atoms with Gasteiger partial charge in [-0.15, -0.1) is 0 Å². The molecule has 84 valence electrons. The Labute approximate surface area is 91.5 Å². The van der Waals surface area contributed by atoms with Crippen LogP contribution in [0.2, 0.25) is 0 Å². The molecule has 0 unspecified atom stereocenters. The van der Waals surface area contributed by atoms with Gasteiger partial charge in [0, 0.05) is 12.6 Å². The van der Waals surface area contributed by atoms with Crippen molar-refractivity contribution in [2.45, 2.75) is 33.4 Å². The largest absolute Gasteiger partial charge is 0.308 e. The lowest BCUT2D eigenvalue weighted by Crippen LogP contribution is -2.30. The Kier molecular flexibility index (Phi) is 4.52. The molecule has 0 aliphatic carbocycles. The number of hydrogen-bond acceptors (Lipinski definition) is 4. The van der Waals surface area contributed by atoms with Crippen molar-refractivity contribution in [1.29, 1.82) is 0 Å². The number of rotatable bonds is 5.